The van der Waals surface area contributed by atoms with E-state index >= 15 is 0 Å². The summed E-state index contributed by atoms with van der Waals surface area (Å²) in [7, 11) is -0.964. The van der Waals surface area contributed by atoms with E-state index in [0.717, 1.165) is 6.42 Å². The van der Waals surface area contributed by atoms with Crippen molar-refractivity contribution in [3.8, 4) is 5.75 Å². The fourth-order valence-corrected chi connectivity index (χ4v) is 9.84. The van der Waals surface area contributed by atoms with Crippen molar-refractivity contribution >= 4 is 33.3 Å². The molecule has 0 spiro atoms. The first-order valence-electron chi connectivity index (χ1n) is 10.5. The Morgan fingerprint density at radius 1 is 1.07 bits per heavy atom. The zero-order valence-electron chi connectivity index (χ0n) is 19.2. The summed E-state index contributed by atoms with van der Waals surface area (Å²) >= 11 is 0. The van der Waals surface area contributed by atoms with Crippen molar-refractivity contribution in [1.29, 1.82) is 0 Å². The van der Waals surface area contributed by atoms with Crippen LogP contribution in [0, 0.1) is 6.92 Å². The molecule has 0 fully saturated rings. The van der Waals surface area contributed by atoms with Gasteiger partial charge < -0.3 is 4.74 Å². The number of hydrogen-bond donors (Lipinski definition) is 0. The summed E-state index contributed by atoms with van der Waals surface area (Å²) in [6.45, 7) is 19.2. The molecule has 0 aromatic heterocycles. The van der Waals surface area contributed by atoms with Gasteiger partial charge in [0, 0.05) is 0 Å². The van der Waals surface area contributed by atoms with Gasteiger partial charge in [0.25, 0.3) is 0 Å². The number of hydrogen-bond acceptors (Lipinski definition) is 1. The second-order valence-electron chi connectivity index (χ2n) is 10.1. The van der Waals surface area contributed by atoms with E-state index in [1.807, 2.05) is 7.11 Å². The van der Waals surface area contributed by atoms with E-state index in [1.54, 1.807) is 10.4 Å². The predicted octanol–water partition coefficient (Wildman–Crippen LogP) is 5.09. The molecule has 0 bridgehead atoms. The minimum Gasteiger partial charge on any atom is -0.497 e. The molecule has 1 aliphatic carbocycles. The first kappa shape index (κ1) is 21.1. The Bertz CT molecular complexity index is 930. The second kappa shape index (κ2) is 7.34. The molecule has 1 nitrogen and oxygen atoms in total. The number of methoxy groups -OCH3 is 1. The van der Waals surface area contributed by atoms with Gasteiger partial charge in [-0.3, -0.25) is 0 Å². The molecule has 0 N–H and O–H groups in total. The monoisotopic (exact) mass is 408 g/mol. The van der Waals surface area contributed by atoms with Crippen molar-refractivity contribution in [3.63, 3.8) is 0 Å². The third kappa shape index (κ3) is 3.55. The number of benzene rings is 2. The molecule has 3 heteroatoms. The summed E-state index contributed by atoms with van der Waals surface area (Å²) in [5.41, 5.74) is 5.88. The largest absolute Gasteiger partial charge is 0.497 e. The Kier molecular flexibility index (Phi) is 5.54. The first-order chi connectivity index (χ1) is 13.0. The fourth-order valence-electron chi connectivity index (χ4n) is 4.83. The summed E-state index contributed by atoms with van der Waals surface area (Å²) in [5.74, 6) is 1.17. The maximum atomic E-state index is 6.20. The van der Waals surface area contributed by atoms with E-state index in [2.05, 4.69) is 90.3 Å². The quantitative estimate of drug-likeness (QED) is 0.640. The molecule has 2 aromatic carbocycles. The molecule has 0 aliphatic heterocycles. The van der Waals surface area contributed by atoms with Crippen LogP contribution in [-0.4, -0.2) is 24.0 Å². The predicted molar refractivity (Wildman–Crippen MR) is 130 cm³/mol. The Labute approximate surface area is 174 Å². The van der Waals surface area contributed by atoms with Crippen LogP contribution in [0.15, 0.2) is 35.5 Å². The molecule has 0 unspecified atom stereocenters. The Balaban J connectivity index is 2.24. The van der Waals surface area contributed by atoms with Crippen molar-refractivity contribution in [1.82, 2.24) is 0 Å². The number of ether oxygens (including phenoxy) is 1. The minimum absolute atomic E-state index is 0.0796. The van der Waals surface area contributed by atoms with E-state index in [0.29, 0.717) is 0 Å². The fraction of sp³-hybridized carbons (Fsp3) is 0.440. The van der Waals surface area contributed by atoms with Crippen molar-refractivity contribution in [2.45, 2.75) is 65.7 Å². The lowest BCUT2D eigenvalue weighted by molar-refractivity contribution is 0.401. The molecular weight excluding hydrogens is 372 g/mol. The topological polar surface area (TPSA) is 9.23 Å². The third-order valence-electron chi connectivity index (χ3n) is 6.30. The van der Waals surface area contributed by atoms with E-state index in [9.17, 15) is 0 Å². The normalized spacial score (nSPS) is 14.3. The molecule has 1 aliphatic rings. The van der Waals surface area contributed by atoms with Crippen LogP contribution in [0.25, 0.3) is 6.08 Å². The maximum absolute atomic E-state index is 6.20. The average Bonchev–Trinajstić information content (AvgIpc) is 3.04. The summed E-state index contributed by atoms with van der Waals surface area (Å²) in [6.07, 6.45) is 3.54. The van der Waals surface area contributed by atoms with Crippen LogP contribution in [0.1, 0.15) is 43.0 Å². The highest BCUT2D eigenvalue weighted by Crippen LogP contribution is 2.36. The van der Waals surface area contributed by atoms with Gasteiger partial charge in [-0.05, 0) is 40.6 Å². The number of rotatable bonds is 4. The van der Waals surface area contributed by atoms with Gasteiger partial charge in [0.1, 0.15) is 13.8 Å². The van der Waals surface area contributed by atoms with Gasteiger partial charge in [0.15, 0.2) is 0 Å². The lowest BCUT2D eigenvalue weighted by Gasteiger charge is -2.35. The highest BCUT2D eigenvalue weighted by atomic mass is 28.3. The van der Waals surface area contributed by atoms with Crippen molar-refractivity contribution < 1.29 is 4.74 Å². The Morgan fingerprint density at radius 3 is 2.25 bits per heavy atom. The van der Waals surface area contributed by atoms with E-state index in [4.69, 9.17) is 4.74 Å². The van der Waals surface area contributed by atoms with Gasteiger partial charge >= 0.3 is 0 Å². The number of fused-ring (bicyclic) bond motifs is 1. The van der Waals surface area contributed by atoms with E-state index in [1.165, 1.54) is 33.2 Å². The third-order valence-corrected chi connectivity index (χ3v) is 11.8. The lowest BCUT2D eigenvalue weighted by Crippen LogP contribution is -2.48. The van der Waals surface area contributed by atoms with Crippen LogP contribution in [0.4, 0.5) is 0 Å². The summed E-state index contributed by atoms with van der Waals surface area (Å²) in [4.78, 5) is 0. The Morgan fingerprint density at radius 2 is 1.71 bits per heavy atom. The molecule has 0 saturated heterocycles. The van der Waals surface area contributed by atoms with Gasteiger partial charge in [-0.2, -0.15) is 0 Å². The summed E-state index contributed by atoms with van der Waals surface area (Å²) in [5, 5.41) is 4.68. The highest BCUT2D eigenvalue weighted by Gasteiger charge is 2.37. The lowest BCUT2D eigenvalue weighted by atomic mass is 9.85. The molecule has 28 heavy (non-hydrogen) atoms. The zero-order valence-corrected chi connectivity index (χ0v) is 21.3. The van der Waals surface area contributed by atoms with Crippen LogP contribution in [0.2, 0.25) is 26.2 Å². The molecule has 2 aromatic rings. The number of allylic oxidation sites excluding steroid dienone is 1. The molecule has 0 amide bonds. The molecule has 3 rings (SSSR count). The summed E-state index contributed by atoms with van der Waals surface area (Å²) < 4.78 is 6.20. The van der Waals surface area contributed by atoms with E-state index in [-0.39, 0.29) is 5.41 Å². The van der Waals surface area contributed by atoms with E-state index < -0.39 is 16.9 Å². The van der Waals surface area contributed by atoms with Gasteiger partial charge in [-0.15, -0.1) is 0 Å². The van der Waals surface area contributed by atoms with Crippen LogP contribution < -0.4 is 15.1 Å². The molecule has 0 saturated carbocycles. The van der Waals surface area contributed by atoms with Crippen LogP contribution in [-0.2, 0) is 11.8 Å². The maximum Gasteiger partial charge on any atom is 0.122 e. The smallest absolute Gasteiger partial charge is 0.122 e. The molecule has 0 heterocycles. The van der Waals surface area contributed by atoms with Crippen LogP contribution in [0.3, 0.4) is 0 Å². The van der Waals surface area contributed by atoms with Crippen molar-refractivity contribution in [2.24, 2.45) is 0 Å². The van der Waals surface area contributed by atoms with Crippen LogP contribution in [0.5, 0.6) is 5.75 Å². The van der Waals surface area contributed by atoms with Crippen LogP contribution >= 0.6 is 0 Å². The standard InChI is InChI=1S/C25H36OSi2/c1-17-14-21(23(26-5)22(25(2,3)4)24(17)27(6)7)28(8,9)20-15-18-12-10-11-13-19(18)16-20/h10-15,27H,16H2,1-9H3. The van der Waals surface area contributed by atoms with Gasteiger partial charge in [0.2, 0.25) is 0 Å². The summed E-state index contributed by atoms with van der Waals surface area (Å²) in [6, 6.07) is 11.3. The average molecular weight is 409 g/mol. The highest BCUT2D eigenvalue weighted by molar-refractivity contribution is 6.97. The second-order valence-corrected chi connectivity index (χ2v) is 17.5. The SMILES string of the molecule is COc1c([Si](C)(C)C2=Cc3ccccc3C2)cc(C)c([SiH](C)C)c1C(C)(C)C. The van der Waals surface area contributed by atoms with Gasteiger partial charge in [0.05, 0.1) is 15.9 Å². The van der Waals surface area contributed by atoms with Gasteiger partial charge in [-0.25, -0.2) is 0 Å². The number of aryl methyl sites for hydroxylation is 1. The molecule has 0 atom stereocenters. The van der Waals surface area contributed by atoms with Crippen molar-refractivity contribution in [2.75, 3.05) is 7.11 Å². The van der Waals surface area contributed by atoms with Crippen molar-refractivity contribution in [3.05, 3.63) is 57.8 Å². The zero-order chi connectivity index (χ0) is 20.9. The first-order valence-corrected chi connectivity index (χ1v) is 16.4. The minimum atomic E-state index is -1.86. The molecular formula is C25H36OSi2. The molecule has 150 valence electrons. The van der Waals surface area contributed by atoms with Gasteiger partial charge in [-0.1, -0.05) is 99.3 Å². The Hall–Kier alpha value is -1.59. The molecule has 0 radical (unpaired) electrons.